The molecule has 0 radical (unpaired) electrons. The van der Waals surface area contributed by atoms with Gasteiger partial charge >= 0.3 is 0 Å². The molecule has 1 atom stereocenters. The fourth-order valence-corrected chi connectivity index (χ4v) is 2.98. The van der Waals surface area contributed by atoms with Gasteiger partial charge in [-0.3, -0.25) is 4.79 Å². The number of ether oxygens (including phenoxy) is 1. The highest BCUT2D eigenvalue weighted by Crippen LogP contribution is 2.16. The number of amides is 1. The first-order chi connectivity index (χ1) is 10.3. The largest absolute Gasteiger partial charge is 0.378 e. The molecule has 130 valence electrons. The van der Waals surface area contributed by atoms with Crippen molar-refractivity contribution in [2.45, 2.75) is 12.5 Å². The molecule has 5 nitrogen and oxygen atoms in total. The molecule has 2 fully saturated rings. The van der Waals surface area contributed by atoms with E-state index in [1.165, 1.54) is 5.69 Å². The number of anilines is 1. The molecule has 0 saturated carbocycles. The van der Waals surface area contributed by atoms with Gasteiger partial charge in [0.1, 0.15) is 6.04 Å². The Bertz CT molecular complexity index is 470. The predicted molar refractivity (Wildman–Crippen MR) is 97.0 cm³/mol. The second-order valence-corrected chi connectivity index (χ2v) is 5.58. The van der Waals surface area contributed by atoms with E-state index >= 15 is 0 Å². The van der Waals surface area contributed by atoms with Crippen molar-refractivity contribution in [2.75, 3.05) is 50.8 Å². The quantitative estimate of drug-likeness (QED) is 0.867. The third kappa shape index (κ3) is 5.24. The summed E-state index contributed by atoms with van der Waals surface area (Å²) in [6.45, 7) is 5.47. The molecular weight excluding hydrogens is 337 g/mol. The molecule has 0 aromatic heterocycles. The van der Waals surface area contributed by atoms with Gasteiger partial charge in [-0.1, -0.05) is 18.2 Å². The van der Waals surface area contributed by atoms with Crippen LogP contribution in [0, 0.1) is 0 Å². The Morgan fingerprint density at radius 3 is 2.57 bits per heavy atom. The molecule has 1 N–H and O–H groups in total. The van der Waals surface area contributed by atoms with E-state index in [9.17, 15) is 4.79 Å². The summed E-state index contributed by atoms with van der Waals surface area (Å²) in [6.07, 6.45) is 1.01. The molecule has 7 heteroatoms. The lowest BCUT2D eigenvalue weighted by molar-refractivity contribution is -0.136. The number of nitrogens with one attached hydrogen (secondary N) is 1. The minimum Gasteiger partial charge on any atom is -0.378 e. The Kier molecular flexibility index (Phi) is 8.69. The highest BCUT2D eigenvalue weighted by Gasteiger charge is 2.27. The molecule has 0 bridgehead atoms. The van der Waals surface area contributed by atoms with Crippen molar-refractivity contribution in [3.8, 4) is 0 Å². The smallest absolute Gasteiger partial charge is 0.242 e. The van der Waals surface area contributed by atoms with Crippen LogP contribution < -0.4 is 10.2 Å². The second-order valence-electron chi connectivity index (χ2n) is 5.58. The number of hydrogen-bond acceptors (Lipinski definition) is 4. The standard InChI is InChI=1S/C16H23N3O2.2ClH/c20-16(15-13-21-12-7-17-15)19-9-4-8-18(10-11-19)14-5-2-1-3-6-14;;/h1-3,5-6,15,17H,4,7-13H2;2*1H. The fourth-order valence-electron chi connectivity index (χ4n) is 2.98. The van der Waals surface area contributed by atoms with E-state index < -0.39 is 0 Å². The van der Waals surface area contributed by atoms with E-state index in [1.807, 2.05) is 11.0 Å². The number of nitrogens with zero attached hydrogens (tertiary/aromatic N) is 2. The summed E-state index contributed by atoms with van der Waals surface area (Å²) in [5.41, 5.74) is 1.24. The molecule has 1 aromatic carbocycles. The number of halogens is 2. The molecule has 2 aliphatic heterocycles. The van der Waals surface area contributed by atoms with Gasteiger partial charge in [0.15, 0.2) is 0 Å². The van der Waals surface area contributed by atoms with Gasteiger partial charge in [-0.2, -0.15) is 0 Å². The molecule has 1 amide bonds. The maximum Gasteiger partial charge on any atom is 0.242 e. The lowest BCUT2D eigenvalue weighted by Crippen LogP contribution is -2.53. The SMILES string of the molecule is Cl.Cl.O=C(C1COCCN1)N1CCCN(c2ccccc2)CC1. The molecule has 2 aliphatic rings. The van der Waals surface area contributed by atoms with Gasteiger partial charge in [0.25, 0.3) is 0 Å². The van der Waals surface area contributed by atoms with Crippen molar-refractivity contribution < 1.29 is 9.53 Å². The average molecular weight is 362 g/mol. The number of carbonyl (C=O) groups is 1. The van der Waals surface area contributed by atoms with Crippen LogP contribution in [0.4, 0.5) is 5.69 Å². The summed E-state index contributed by atoms with van der Waals surface area (Å²) in [4.78, 5) is 16.9. The number of hydrogen-bond donors (Lipinski definition) is 1. The predicted octanol–water partition coefficient (Wildman–Crippen LogP) is 1.56. The molecule has 1 aromatic rings. The minimum atomic E-state index is -0.165. The lowest BCUT2D eigenvalue weighted by atomic mass is 10.2. The summed E-state index contributed by atoms with van der Waals surface area (Å²) in [7, 11) is 0. The topological polar surface area (TPSA) is 44.8 Å². The average Bonchev–Trinajstić information content (AvgIpc) is 2.82. The summed E-state index contributed by atoms with van der Waals surface area (Å²) >= 11 is 0. The van der Waals surface area contributed by atoms with Crippen molar-refractivity contribution >= 4 is 36.4 Å². The zero-order chi connectivity index (χ0) is 14.5. The van der Waals surface area contributed by atoms with Crippen LogP contribution in [0.15, 0.2) is 30.3 Å². The maximum atomic E-state index is 12.5. The van der Waals surface area contributed by atoms with Crippen molar-refractivity contribution in [1.29, 1.82) is 0 Å². The van der Waals surface area contributed by atoms with Gasteiger partial charge in [-0.15, -0.1) is 24.8 Å². The summed E-state index contributed by atoms with van der Waals surface area (Å²) < 4.78 is 5.40. The molecule has 2 saturated heterocycles. The van der Waals surface area contributed by atoms with Crippen molar-refractivity contribution in [1.82, 2.24) is 10.2 Å². The first kappa shape index (κ1) is 20.0. The van der Waals surface area contributed by atoms with Gasteiger partial charge in [0, 0.05) is 38.4 Å². The van der Waals surface area contributed by atoms with Crippen LogP contribution in [0.1, 0.15) is 6.42 Å². The molecule has 2 heterocycles. The van der Waals surface area contributed by atoms with Crippen LogP contribution in [0.25, 0.3) is 0 Å². The highest BCUT2D eigenvalue weighted by atomic mass is 35.5. The number of benzene rings is 1. The Morgan fingerprint density at radius 2 is 1.87 bits per heavy atom. The fraction of sp³-hybridized carbons (Fsp3) is 0.562. The Labute approximate surface area is 150 Å². The zero-order valence-corrected chi connectivity index (χ0v) is 14.8. The van der Waals surface area contributed by atoms with Crippen LogP contribution in [-0.4, -0.2) is 62.8 Å². The summed E-state index contributed by atoms with van der Waals surface area (Å²) in [5.74, 6) is 0.185. The van der Waals surface area contributed by atoms with E-state index in [1.54, 1.807) is 0 Å². The van der Waals surface area contributed by atoms with Crippen LogP contribution in [0.3, 0.4) is 0 Å². The zero-order valence-electron chi connectivity index (χ0n) is 13.1. The number of carbonyl (C=O) groups excluding carboxylic acids is 1. The Hall–Kier alpha value is -1.01. The lowest BCUT2D eigenvalue weighted by Gasteiger charge is -2.29. The van der Waals surface area contributed by atoms with Gasteiger partial charge in [-0.25, -0.2) is 0 Å². The number of para-hydroxylation sites is 1. The van der Waals surface area contributed by atoms with Crippen molar-refractivity contribution in [3.63, 3.8) is 0 Å². The van der Waals surface area contributed by atoms with Gasteiger partial charge in [0.2, 0.25) is 5.91 Å². The van der Waals surface area contributed by atoms with Crippen LogP contribution in [0.5, 0.6) is 0 Å². The van der Waals surface area contributed by atoms with Crippen LogP contribution >= 0.6 is 24.8 Å². The normalized spacial score (nSPS) is 21.7. The first-order valence-corrected chi connectivity index (χ1v) is 7.74. The molecule has 0 spiro atoms. The third-order valence-electron chi connectivity index (χ3n) is 4.15. The van der Waals surface area contributed by atoms with Gasteiger partial charge in [0.05, 0.1) is 13.2 Å². The molecule has 23 heavy (non-hydrogen) atoms. The molecule has 0 aliphatic carbocycles. The molecule has 1 unspecified atom stereocenters. The monoisotopic (exact) mass is 361 g/mol. The van der Waals surface area contributed by atoms with Crippen LogP contribution in [-0.2, 0) is 9.53 Å². The van der Waals surface area contributed by atoms with E-state index in [-0.39, 0.29) is 36.8 Å². The number of morpholine rings is 1. The highest BCUT2D eigenvalue weighted by molar-refractivity contribution is 5.85. The second kappa shape index (κ2) is 9.98. The number of rotatable bonds is 2. The van der Waals surface area contributed by atoms with Crippen molar-refractivity contribution in [2.24, 2.45) is 0 Å². The van der Waals surface area contributed by atoms with Crippen molar-refractivity contribution in [3.05, 3.63) is 30.3 Å². The van der Waals surface area contributed by atoms with E-state index in [2.05, 4.69) is 34.5 Å². The van der Waals surface area contributed by atoms with Crippen LogP contribution in [0.2, 0.25) is 0 Å². The molecule has 3 rings (SSSR count). The Balaban J connectivity index is 0.00000132. The van der Waals surface area contributed by atoms with Gasteiger partial charge in [-0.05, 0) is 18.6 Å². The summed E-state index contributed by atoms with van der Waals surface area (Å²) in [6, 6.07) is 10.3. The van der Waals surface area contributed by atoms with E-state index in [0.29, 0.717) is 13.2 Å². The molecular formula is C16H25Cl2N3O2. The summed E-state index contributed by atoms with van der Waals surface area (Å²) in [5, 5.41) is 3.25. The minimum absolute atomic E-state index is 0. The third-order valence-corrected chi connectivity index (χ3v) is 4.15. The first-order valence-electron chi connectivity index (χ1n) is 7.74. The van der Waals surface area contributed by atoms with E-state index in [4.69, 9.17) is 4.74 Å². The Morgan fingerprint density at radius 1 is 1.09 bits per heavy atom. The maximum absolute atomic E-state index is 12.5. The van der Waals surface area contributed by atoms with E-state index in [0.717, 1.165) is 39.1 Å². The van der Waals surface area contributed by atoms with Gasteiger partial charge < -0.3 is 19.9 Å².